The summed E-state index contributed by atoms with van der Waals surface area (Å²) in [5, 5.41) is 15.6. The molecule has 1 aromatic carbocycles. The van der Waals surface area contributed by atoms with Crippen molar-refractivity contribution in [3.8, 4) is 28.8 Å². The number of alkyl halides is 3. The fourth-order valence-corrected chi connectivity index (χ4v) is 3.51. The van der Waals surface area contributed by atoms with E-state index in [1.807, 2.05) is 6.07 Å². The van der Waals surface area contributed by atoms with Crippen molar-refractivity contribution in [1.82, 2.24) is 29.6 Å². The minimum Gasteiger partial charge on any atom is -0.354 e. The zero-order valence-corrected chi connectivity index (χ0v) is 18.3. The van der Waals surface area contributed by atoms with E-state index in [2.05, 4.69) is 20.4 Å². The molecule has 1 amide bonds. The monoisotopic (exact) mass is 479 g/mol. The maximum Gasteiger partial charge on any atom is 0.416 e. The summed E-state index contributed by atoms with van der Waals surface area (Å²) in [6, 6.07) is 10.8. The van der Waals surface area contributed by atoms with E-state index in [0.717, 1.165) is 16.7 Å². The number of pyridine rings is 1. The van der Waals surface area contributed by atoms with Crippen LogP contribution < -0.4 is 10.9 Å². The second kappa shape index (κ2) is 8.86. The molecule has 0 unspecified atom stereocenters. The van der Waals surface area contributed by atoms with Gasteiger partial charge in [0, 0.05) is 12.7 Å². The van der Waals surface area contributed by atoms with E-state index in [-0.39, 0.29) is 22.8 Å². The molecule has 4 aromatic rings. The van der Waals surface area contributed by atoms with Crippen LogP contribution >= 0.6 is 0 Å². The van der Waals surface area contributed by atoms with Crippen molar-refractivity contribution < 1.29 is 18.0 Å². The third-order valence-corrected chi connectivity index (χ3v) is 5.17. The summed E-state index contributed by atoms with van der Waals surface area (Å²) in [4.78, 5) is 33.9. The minimum absolute atomic E-state index is 0.0813. The Morgan fingerprint density at radius 3 is 2.54 bits per heavy atom. The molecule has 0 saturated carbocycles. The number of carbonyl (C=O) groups excluding carboxylic acids is 1. The molecule has 0 atom stereocenters. The summed E-state index contributed by atoms with van der Waals surface area (Å²) in [5.41, 5.74) is -1.09. The summed E-state index contributed by atoms with van der Waals surface area (Å²) in [6.45, 7) is 1.51. The molecular weight excluding hydrogens is 463 g/mol. The van der Waals surface area contributed by atoms with Crippen LogP contribution in [0.5, 0.6) is 0 Å². The molecule has 35 heavy (non-hydrogen) atoms. The molecule has 0 fully saturated rings. The molecule has 0 bridgehead atoms. The topological polar surface area (TPSA) is 118 Å². The van der Waals surface area contributed by atoms with Crippen molar-refractivity contribution in [3.05, 3.63) is 87.9 Å². The summed E-state index contributed by atoms with van der Waals surface area (Å²) < 4.78 is 42.5. The minimum atomic E-state index is -4.63. The van der Waals surface area contributed by atoms with Gasteiger partial charge in [0.2, 0.25) is 0 Å². The van der Waals surface area contributed by atoms with Crippen LogP contribution in [-0.2, 0) is 6.18 Å². The summed E-state index contributed by atoms with van der Waals surface area (Å²) in [6.07, 6.45) is -1.77. The maximum atomic E-state index is 13.3. The summed E-state index contributed by atoms with van der Waals surface area (Å²) in [5.74, 6) is -0.803. The third-order valence-electron chi connectivity index (χ3n) is 5.17. The molecule has 1 N–H and O–H groups in total. The van der Waals surface area contributed by atoms with Crippen molar-refractivity contribution >= 4 is 5.91 Å². The van der Waals surface area contributed by atoms with Gasteiger partial charge in [-0.05, 0) is 43.3 Å². The van der Waals surface area contributed by atoms with Crippen LogP contribution in [0, 0.1) is 18.3 Å². The van der Waals surface area contributed by atoms with Crippen molar-refractivity contribution in [2.75, 3.05) is 7.05 Å². The lowest BCUT2D eigenvalue weighted by atomic mass is 10.1. The van der Waals surface area contributed by atoms with Crippen molar-refractivity contribution in [2.24, 2.45) is 0 Å². The van der Waals surface area contributed by atoms with E-state index in [0.29, 0.717) is 11.4 Å². The highest BCUT2D eigenvalue weighted by Crippen LogP contribution is 2.31. The third kappa shape index (κ3) is 4.26. The molecule has 0 aliphatic rings. The number of hydrogen-bond donors (Lipinski definition) is 1. The number of nitrogens with one attached hydrogen (secondary N) is 1. The molecule has 176 valence electrons. The first-order valence-corrected chi connectivity index (χ1v) is 10.1. The first kappa shape index (κ1) is 23.4. The Balaban J connectivity index is 1.99. The number of hydrogen-bond acceptors (Lipinski definition) is 6. The van der Waals surface area contributed by atoms with Gasteiger partial charge in [-0.1, -0.05) is 6.07 Å². The Morgan fingerprint density at radius 1 is 1.14 bits per heavy atom. The largest absolute Gasteiger partial charge is 0.416 e. The standard InChI is InChI=1S/C23H16F3N7O2/c1-13-19(18-8-9-30-33(18)17-7-6-15(11-27)29-12-17)31-20(21(34)28-2)22(35)32(13)16-5-3-4-14(10-16)23(24,25)26/h3-10,12H,1-2H3,(H,28,34). The van der Waals surface area contributed by atoms with E-state index in [9.17, 15) is 22.8 Å². The first-order valence-electron chi connectivity index (χ1n) is 10.1. The number of nitrogens with zero attached hydrogens (tertiary/aromatic N) is 6. The van der Waals surface area contributed by atoms with Crippen molar-refractivity contribution in [3.63, 3.8) is 0 Å². The lowest BCUT2D eigenvalue weighted by Crippen LogP contribution is -2.34. The average Bonchev–Trinajstić information content (AvgIpc) is 3.33. The van der Waals surface area contributed by atoms with Crippen LogP contribution in [0.15, 0.2) is 59.7 Å². The lowest BCUT2D eigenvalue weighted by Gasteiger charge is -2.17. The fourth-order valence-electron chi connectivity index (χ4n) is 3.51. The van der Waals surface area contributed by atoms with E-state index < -0.39 is 28.9 Å². The zero-order valence-electron chi connectivity index (χ0n) is 18.3. The molecule has 0 saturated heterocycles. The second-order valence-electron chi connectivity index (χ2n) is 7.30. The summed E-state index contributed by atoms with van der Waals surface area (Å²) in [7, 11) is 1.31. The van der Waals surface area contributed by atoms with Gasteiger partial charge in [0.1, 0.15) is 17.5 Å². The molecule has 4 rings (SSSR count). The highest BCUT2D eigenvalue weighted by Gasteiger charge is 2.31. The molecule has 3 heterocycles. The molecule has 3 aromatic heterocycles. The predicted molar refractivity (Wildman–Crippen MR) is 118 cm³/mol. The number of amides is 1. The van der Waals surface area contributed by atoms with Gasteiger partial charge in [-0.15, -0.1) is 0 Å². The van der Waals surface area contributed by atoms with Gasteiger partial charge in [-0.25, -0.2) is 14.6 Å². The van der Waals surface area contributed by atoms with E-state index in [1.54, 1.807) is 12.1 Å². The van der Waals surface area contributed by atoms with E-state index in [1.165, 1.54) is 49.2 Å². The molecule has 0 radical (unpaired) electrons. The van der Waals surface area contributed by atoms with Crippen LogP contribution in [0.1, 0.15) is 27.4 Å². The van der Waals surface area contributed by atoms with Gasteiger partial charge in [0.15, 0.2) is 5.69 Å². The van der Waals surface area contributed by atoms with Crippen LogP contribution in [0.25, 0.3) is 22.8 Å². The average molecular weight is 479 g/mol. The maximum absolute atomic E-state index is 13.3. The van der Waals surface area contributed by atoms with Crippen LogP contribution in [0.4, 0.5) is 13.2 Å². The highest BCUT2D eigenvalue weighted by atomic mass is 19.4. The normalized spacial score (nSPS) is 11.2. The molecule has 0 spiro atoms. The Morgan fingerprint density at radius 2 is 1.91 bits per heavy atom. The quantitative estimate of drug-likeness (QED) is 0.481. The molecule has 0 aliphatic heterocycles. The number of aromatic nitrogens is 5. The van der Waals surface area contributed by atoms with Crippen LogP contribution in [-0.4, -0.2) is 37.3 Å². The zero-order chi connectivity index (χ0) is 25.3. The number of carbonyl (C=O) groups is 1. The lowest BCUT2D eigenvalue weighted by molar-refractivity contribution is -0.137. The second-order valence-corrected chi connectivity index (χ2v) is 7.30. The fraction of sp³-hybridized carbons (Fsp3) is 0.130. The molecule has 9 nitrogen and oxygen atoms in total. The first-order chi connectivity index (χ1) is 16.7. The molecule has 0 aliphatic carbocycles. The number of halogens is 3. The van der Waals surface area contributed by atoms with Gasteiger partial charge >= 0.3 is 6.18 Å². The number of rotatable bonds is 4. The molecule has 12 heteroatoms. The van der Waals surface area contributed by atoms with Crippen LogP contribution in [0.3, 0.4) is 0 Å². The Kier molecular flexibility index (Phi) is 5.92. The van der Waals surface area contributed by atoms with Crippen molar-refractivity contribution in [2.45, 2.75) is 13.1 Å². The van der Waals surface area contributed by atoms with Crippen LogP contribution in [0.2, 0.25) is 0 Å². The SMILES string of the molecule is CNC(=O)c1nc(-c2ccnn2-c2ccc(C#N)nc2)c(C)n(-c2cccc(C(F)(F)F)c2)c1=O. The Hall–Kier alpha value is -4.79. The smallest absolute Gasteiger partial charge is 0.354 e. The Bertz CT molecular complexity index is 1530. The summed E-state index contributed by atoms with van der Waals surface area (Å²) >= 11 is 0. The van der Waals surface area contributed by atoms with E-state index >= 15 is 0 Å². The highest BCUT2D eigenvalue weighted by molar-refractivity contribution is 5.92. The predicted octanol–water partition coefficient (Wildman–Crippen LogP) is 3.04. The van der Waals surface area contributed by atoms with Crippen molar-refractivity contribution in [1.29, 1.82) is 5.26 Å². The number of nitriles is 1. The van der Waals surface area contributed by atoms with Gasteiger partial charge in [0.05, 0.1) is 35.0 Å². The van der Waals surface area contributed by atoms with Gasteiger partial charge in [-0.3, -0.25) is 14.2 Å². The van der Waals surface area contributed by atoms with Gasteiger partial charge < -0.3 is 5.32 Å². The molecular formula is C23H16F3N7O2. The Labute approximate surface area is 196 Å². The number of benzene rings is 1. The van der Waals surface area contributed by atoms with E-state index in [4.69, 9.17) is 5.26 Å². The van der Waals surface area contributed by atoms with Gasteiger partial charge in [-0.2, -0.15) is 23.5 Å². The van der Waals surface area contributed by atoms with Gasteiger partial charge in [0.25, 0.3) is 11.5 Å².